The molecule has 150 valence electrons. The minimum absolute atomic E-state index is 0.213. The average molecular weight is 398 g/mol. The van der Waals surface area contributed by atoms with E-state index >= 15 is 0 Å². The minimum Gasteiger partial charge on any atom is -0.273 e. The zero-order valence-corrected chi connectivity index (χ0v) is 16.9. The monoisotopic (exact) mass is 398 g/mol. The molecule has 0 radical (unpaired) electrons. The van der Waals surface area contributed by atoms with Crippen molar-refractivity contribution >= 4 is 23.2 Å². The Labute approximate surface area is 175 Å². The third-order valence-corrected chi connectivity index (χ3v) is 5.93. The van der Waals surface area contributed by atoms with E-state index in [0.717, 1.165) is 22.4 Å². The van der Waals surface area contributed by atoms with Crippen molar-refractivity contribution in [2.45, 2.75) is 26.0 Å². The molecule has 3 aromatic carbocycles. The van der Waals surface area contributed by atoms with Gasteiger partial charge in [-0.15, -0.1) is 0 Å². The molecule has 0 spiro atoms. The molecule has 5 rings (SSSR count). The highest BCUT2D eigenvalue weighted by Gasteiger charge is 2.60. The summed E-state index contributed by atoms with van der Waals surface area (Å²) < 4.78 is 0. The van der Waals surface area contributed by atoms with E-state index in [0.29, 0.717) is 5.69 Å². The third-order valence-electron chi connectivity index (χ3n) is 5.93. The maximum Gasteiger partial charge on any atom is 0.266 e. The molecule has 2 amide bonds. The number of hydrogen-bond donors (Lipinski definition) is 0. The van der Waals surface area contributed by atoms with Gasteiger partial charge in [0, 0.05) is 0 Å². The number of nitrogens with zero attached hydrogens (tertiary/aromatic N) is 2. The quantitative estimate of drug-likeness (QED) is 0.616. The fourth-order valence-corrected chi connectivity index (χ4v) is 4.58. The summed E-state index contributed by atoms with van der Waals surface area (Å²) in [7, 11) is 0. The highest BCUT2D eigenvalue weighted by atomic mass is 16.7. The fourth-order valence-electron chi connectivity index (χ4n) is 4.58. The maximum absolute atomic E-state index is 13.7. The van der Waals surface area contributed by atoms with Gasteiger partial charge in [-0.3, -0.25) is 14.4 Å². The number of anilines is 2. The van der Waals surface area contributed by atoms with Crippen LogP contribution in [-0.4, -0.2) is 17.9 Å². The number of fused-ring (bicyclic) bond motifs is 1. The molecule has 0 aliphatic carbocycles. The van der Waals surface area contributed by atoms with Crippen molar-refractivity contribution in [2.24, 2.45) is 5.92 Å². The van der Waals surface area contributed by atoms with Gasteiger partial charge < -0.3 is 0 Å². The first-order valence-corrected chi connectivity index (χ1v) is 10.1. The fraction of sp³-hybridized carbons (Fsp3) is 0.200. The summed E-state index contributed by atoms with van der Waals surface area (Å²) in [6.45, 7) is 3.84. The molecule has 5 heteroatoms. The summed E-state index contributed by atoms with van der Waals surface area (Å²) in [6.07, 6.45) is -0.845. The Morgan fingerprint density at radius 2 is 1.33 bits per heavy atom. The summed E-state index contributed by atoms with van der Waals surface area (Å²) in [4.78, 5) is 34.6. The van der Waals surface area contributed by atoms with Crippen LogP contribution in [0.15, 0.2) is 78.9 Å². The van der Waals surface area contributed by atoms with Crippen molar-refractivity contribution in [1.82, 2.24) is 0 Å². The summed E-state index contributed by atoms with van der Waals surface area (Å²) >= 11 is 0. The zero-order valence-electron chi connectivity index (χ0n) is 16.9. The number of aryl methyl sites for hydroxylation is 2. The van der Waals surface area contributed by atoms with Gasteiger partial charge in [-0.25, -0.2) is 9.96 Å². The van der Waals surface area contributed by atoms with Gasteiger partial charge in [-0.2, -0.15) is 0 Å². The molecule has 0 N–H and O–H groups in total. The molecule has 0 unspecified atom stereocenters. The van der Waals surface area contributed by atoms with Crippen LogP contribution >= 0.6 is 0 Å². The molecule has 0 saturated carbocycles. The van der Waals surface area contributed by atoms with E-state index in [1.165, 1.54) is 4.90 Å². The summed E-state index contributed by atoms with van der Waals surface area (Å²) in [5.41, 5.74) is 4.22. The van der Waals surface area contributed by atoms with Gasteiger partial charge in [0.1, 0.15) is 5.92 Å². The van der Waals surface area contributed by atoms with Gasteiger partial charge in [0.15, 0.2) is 6.10 Å². The van der Waals surface area contributed by atoms with Crippen molar-refractivity contribution in [3.05, 3.63) is 95.6 Å². The van der Waals surface area contributed by atoms with Gasteiger partial charge in [-0.05, 0) is 42.7 Å². The number of rotatable bonds is 3. The van der Waals surface area contributed by atoms with E-state index in [9.17, 15) is 9.59 Å². The number of amides is 2. The average Bonchev–Trinajstić information content (AvgIpc) is 3.27. The van der Waals surface area contributed by atoms with E-state index in [4.69, 9.17) is 4.84 Å². The number of carbonyl (C=O) groups is 2. The molecular formula is C25H22N2O3. The van der Waals surface area contributed by atoms with Crippen LogP contribution in [0.25, 0.3) is 0 Å². The second-order valence-corrected chi connectivity index (χ2v) is 7.82. The molecule has 5 nitrogen and oxygen atoms in total. The van der Waals surface area contributed by atoms with Gasteiger partial charge in [-0.1, -0.05) is 66.7 Å². The smallest absolute Gasteiger partial charge is 0.266 e. The molecular weight excluding hydrogens is 376 g/mol. The topological polar surface area (TPSA) is 49.9 Å². The Kier molecular flexibility index (Phi) is 4.40. The van der Waals surface area contributed by atoms with Crippen molar-refractivity contribution in [1.29, 1.82) is 0 Å². The van der Waals surface area contributed by atoms with Crippen LogP contribution in [0.1, 0.15) is 22.7 Å². The van der Waals surface area contributed by atoms with Crippen molar-refractivity contribution in [3.8, 4) is 0 Å². The van der Waals surface area contributed by atoms with E-state index in [1.807, 2.05) is 92.7 Å². The van der Waals surface area contributed by atoms with Crippen molar-refractivity contribution < 1.29 is 14.4 Å². The molecule has 2 aliphatic rings. The van der Waals surface area contributed by atoms with Crippen LogP contribution in [0, 0.1) is 19.8 Å². The summed E-state index contributed by atoms with van der Waals surface area (Å²) in [5, 5.41) is 1.72. The first-order valence-electron chi connectivity index (χ1n) is 10.1. The lowest BCUT2D eigenvalue weighted by Crippen LogP contribution is -2.38. The van der Waals surface area contributed by atoms with Gasteiger partial charge >= 0.3 is 0 Å². The Balaban J connectivity index is 1.61. The number of carbonyl (C=O) groups excluding carboxylic acids is 2. The second-order valence-electron chi connectivity index (χ2n) is 7.82. The van der Waals surface area contributed by atoms with Gasteiger partial charge in [0.05, 0.1) is 17.4 Å². The largest absolute Gasteiger partial charge is 0.273 e. The molecule has 0 aromatic heterocycles. The van der Waals surface area contributed by atoms with E-state index in [-0.39, 0.29) is 17.9 Å². The molecule has 0 bridgehead atoms. The minimum atomic E-state index is -0.845. The Morgan fingerprint density at radius 3 is 1.97 bits per heavy atom. The highest BCUT2D eigenvalue weighted by Crippen LogP contribution is 2.48. The number of benzene rings is 3. The second kappa shape index (κ2) is 7.11. The van der Waals surface area contributed by atoms with Crippen LogP contribution in [0.4, 0.5) is 11.4 Å². The summed E-state index contributed by atoms with van der Waals surface area (Å²) in [6, 6.07) is 24.8. The van der Waals surface area contributed by atoms with E-state index < -0.39 is 12.0 Å². The van der Waals surface area contributed by atoms with Crippen LogP contribution < -0.4 is 9.96 Å². The molecule has 2 saturated heterocycles. The molecule has 2 heterocycles. The normalized spacial score (nSPS) is 23.2. The van der Waals surface area contributed by atoms with Gasteiger partial charge in [0.25, 0.3) is 5.91 Å². The van der Waals surface area contributed by atoms with Crippen LogP contribution in [0.5, 0.6) is 0 Å². The van der Waals surface area contributed by atoms with Gasteiger partial charge in [0.2, 0.25) is 5.91 Å². The van der Waals surface area contributed by atoms with E-state index in [1.54, 1.807) is 5.06 Å². The van der Waals surface area contributed by atoms with E-state index in [2.05, 4.69) is 0 Å². The van der Waals surface area contributed by atoms with Crippen molar-refractivity contribution in [3.63, 3.8) is 0 Å². The number of imide groups is 1. The van der Waals surface area contributed by atoms with Crippen LogP contribution in [0.2, 0.25) is 0 Å². The SMILES string of the molecule is Cc1cccc(C)c1N1C(=O)[C@@H]2[C@@H](c3ccccc3)N(c3ccccc3)O[C@H]2C1=O. The molecule has 3 atom stereocenters. The number of para-hydroxylation sites is 2. The van der Waals surface area contributed by atoms with Crippen LogP contribution in [0.3, 0.4) is 0 Å². The highest BCUT2D eigenvalue weighted by molar-refractivity contribution is 6.24. The molecule has 3 aromatic rings. The molecule has 2 fully saturated rings. The lowest BCUT2D eigenvalue weighted by Gasteiger charge is -2.29. The predicted octanol–water partition coefficient (Wildman–Crippen LogP) is 4.35. The first-order chi connectivity index (χ1) is 14.6. The Hall–Kier alpha value is -3.44. The first kappa shape index (κ1) is 18.6. The lowest BCUT2D eigenvalue weighted by atomic mass is 9.90. The Morgan fingerprint density at radius 1 is 0.733 bits per heavy atom. The lowest BCUT2D eigenvalue weighted by molar-refractivity contribution is -0.126. The maximum atomic E-state index is 13.7. The van der Waals surface area contributed by atoms with Crippen LogP contribution in [-0.2, 0) is 14.4 Å². The number of hydrogen-bond acceptors (Lipinski definition) is 4. The van der Waals surface area contributed by atoms with Crippen molar-refractivity contribution in [2.75, 3.05) is 9.96 Å². The Bertz CT molecular complexity index is 1090. The number of hydroxylamine groups is 1. The third kappa shape index (κ3) is 2.74. The zero-order chi connectivity index (χ0) is 20.8. The summed E-state index contributed by atoms with van der Waals surface area (Å²) in [5.74, 6) is -1.13. The molecule has 30 heavy (non-hydrogen) atoms. The standard InChI is InChI=1S/C25H22N2O3/c1-16-10-9-11-17(2)21(16)26-24(28)20-22(18-12-5-3-6-13-18)27(30-23(20)25(26)29)19-14-7-4-8-15-19/h3-15,20,22-23H,1-2H3/t20-,22-,23-/m1/s1. The predicted molar refractivity (Wildman–Crippen MR) is 115 cm³/mol. The molecule has 2 aliphatic heterocycles.